The number of aromatic nitrogens is 2. The van der Waals surface area contributed by atoms with Crippen LogP contribution in [0.2, 0.25) is 0 Å². The van der Waals surface area contributed by atoms with E-state index >= 15 is 0 Å². The molecule has 2 aliphatic carbocycles. The summed E-state index contributed by atoms with van der Waals surface area (Å²) in [5, 5.41) is 3.12. The summed E-state index contributed by atoms with van der Waals surface area (Å²) in [6, 6.07) is 4.70. The third kappa shape index (κ3) is 5.39. The van der Waals surface area contributed by atoms with E-state index in [1.807, 2.05) is 12.1 Å². The van der Waals surface area contributed by atoms with Crippen molar-refractivity contribution in [2.45, 2.75) is 68.3 Å². The van der Waals surface area contributed by atoms with E-state index in [-0.39, 0.29) is 6.10 Å². The second kappa shape index (κ2) is 10.7. The first kappa shape index (κ1) is 24.3. The van der Waals surface area contributed by atoms with E-state index in [2.05, 4.69) is 20.2 Å². The molecule has 7 nitrogen and oxygen atoms in total. The first-order valence-electron chi connectivity index (χ1n) is 12.4. The molecule has 188 valence electrons. The van der Waals surface area contributed by atoms with Crippen LogP contribution in [0.25, 0.3) is 10.9 Å². The van der Waals surface area contributed by atoms with E-state index in [1.165, 1.54) is 6.33 Å². The average molecular weight is 502 g/mol. The Morgan fingerprint density at radius 2 is 1.86 bits per heavy atom. The molecule has 1 aromatic carbocycles. The smallest absolute Gasteiger partial charge is 0.162 e. The van der Waals surface area contributed by atoms with Crippen molar-refractivity contribution in [1.82, 2.24) is 14.9 Å². The molecular weight excluding hydrogens is 469 g/mol. The summed E-state index contributed by atoms with van der Waals surface area (Å²) in [5.41, 5.74) is 7.12. The van der Waals surface area contributed by atoms with Crippen molar-refractivity contribution in [2.75, 3.05) is 25.5 Å². The normalized spacial score (nSPS) is 28.1. The van der Waals surface area contributed by atoms with Gasteiger partial charge in [-0.1, -0.05) is 12.2 Å². The SMILES string of the molecule is COc1cc2ncnc(NC3=CC=CC(Cl)C3F)c2cc1OC1CCC(N2CCC(N)CC2)CC1. The van der Waals surface area contributed by atoms with Crippen molar-refractivity contribution < 1.29 is 13.9 Å². The summed E-state index contributed by atoms with van der Waals surface area (Å²) in [5.74, 6) is 1.77. The molecule has 1 aromatic heterocycles. The van der Waals surface area contributed by atoms with Crippen molar-refractivity contribution in [1.29, 1.82) is 0 Å². The minimum atomic E-state index is -1.34. The Bertz CT molecular complexity index is 1100. The summed E-state index contributed by atoms with van der Waals surface area (Å²) < 4.78 is 26.7. The van der Waals surface area contributed by atoms with Crippen LogP contribution in [-0.2, 0) is 0 Å². The third-order valence-electron chi connectivity index (χ3n) is 7.36. The minimum Gasteiger partial charge on any atom is -0.493 e. The van der Waals surface area contributed by atoms with Crippen molar-refractivity contribution in [3.63, 3.8) is 0 Å². The molecule has 9 heteroatoms. The van der Waals surface area contributed by atoms with Gasteiger partial charge in [0.15, 0.2) is 17.7 Å². The van der Waals surface area contributed by atoms with Crippen LogP contribution in [0, 0.1) is 0 Å². The third-order valence-corrected chi connectivity index (χ3v) is 7.73. The number of halogens is 2. The number of hydrogen-bond acceptors (Lipinski definition) is 7. The fourth-order valence-corrected chi connectivity index (χ4v) is 5.50. The van der Waals surface area contributed by atoms with Gasteiger partial charge in [-0.05, 0) is 63.8 Å². The van der Waals surface area contributed by atoms with Crippen molar-refractivity contribution >= 4 is 28.3 Å². The van der Waals surface area contributed by atoms with Crippen LogP contribution in [0.3, 0.4) is 0 Å². The Kier molecular flexibility index (Phi) is 7.41. The molecule has 2 atom stereocenters. The van der Waals surface area contributed by atoms with Crippen LogP contribution in [0.4, 0.5) is 10.2 Å². The zero-order valence-corrected chi connectivity index (χ0v) is 20.8. The van der Waals surface area contributed by atoms with Crippen molar-refractivity contribution in [3.05, 3.63) is 42.4 Å². The highest BCUT2D eigenvalue weighted by Gasteiger charge is 2.30. The highest BCUT2D eigenvalue weighted by molar-refractivity contribution is 6.22. The number of nitrogens with two attached hydrogens (primary N) is 1. The monoisotopic (exact) mass is 501 g/mol. The van der Waals surface area contributed by atoms with Gasteiger partial charge in [-0.2, -0.15) is 0 Å². The van der Waals surface area contributed by atoms with Crippen LogP contribution in [-0.4, -0.2) is 64.8 Å². The quantitative estimate of drug-likeness (QED) is 0.561. The van der Waals surface area contributed by atoms with Gasteiger partial charge in [-0.3, -0.25) is 0 Å². The van der Waals surface area contributed by atoms with Gasteiger partial charge < -0.3 is 25.4 Å². The number of benzene rings is 1. The number of methoxy groups -OCH3 is 1. The summed E-state index contributed by atoms with van der Waals surface area (Å²) in [4.78, 5) is 11.3. The van der Waals surface area contributed by atoms with Crippen LogP contribution in [0.5, 0.6) is 11.5 Å². The lowest BCUT2D eigenvalue weighted by atomic mass is 9.90. The van der Waals surface area contributed by atoms with E-state index < -0.39 is 11.5 Å². The van der Waals surface area contributed by atoms with Gasteiger partial charge in [0.05, 0.1) is 29.8 Å². The Balaban J connectivity index is 1.31. The molecule has 2 heterocycles. The van der Waals surface area contributed by atoms with Crippen LogP contribution < -0.4 is 20.5 Å². The Morgan fingerprint density at radius 1 is 1.09 bits per heavy atom. The lowest BCUT2D eigenvalue weighted by Crippen LogP contribution is -2.47. The number of fused-ring (bicyclic) bond motifs is 1. The van der Waals surface area contributed by atoms with Crippen molar-refractivity contribution in [3.8, 4) is 11.5 Å². The Hall–Kier alpha value is -2.42. The van der Waals surface area contributed by atoms with Gasteiger partial charge in [0.1, 0.15) is 12.1 Å². The highest BCUT2D eigenvalue weighted by atomic mass is 35.5. The molecule has 1 saturated heterocycles. The zero-order chi connectivity index (χ0) is 24.4. The van der Waals surface area contributed by atoms with E-state index in [4.69, 9.17) is 26.8 Å². The fraction of sp³-hybridized carbons (Fsp3) is 0.538. The van der Waals surface area contributed by atoms with Gasteiger partial charge in [-0.25, -0.2) is 14.4 Å². The number of allylic oxidation sites excluding steroid dienone is 4. The number of ether oxygens (including phenoxy) is 2. The number of nitrogens with one attached hydrogen (secondary N) is 1. The Morgan fingerprint density at radius 3 is 2.60 bits per heavy atom. The van der Waals surface area contributed by atoms with E-state index in [0.29, 0.717) is 40.6 Å². The number of alkyl halides is 2. The fourth-order valence-electron chi connectivity index (χ4n) is 5.28. The molecule has 3 aliphatic rings. The van der Waals surface area contributed by atoms with Crippen molar-refractivity contribution in [2.24, 2.45) is 5.73 Å². The number of likely N-dealkylation sites (tertiary alicyclic amines) is 1. The second-order valence-electron chi connectivity index (χ2n) is 9.64. The average Bonchev–Trinajstić information content (AvgIpc) is 2.88. The van der Waals surface area contributed by atoms with Gasteiger partial charge in [0.2, 0.25) is 0 Å². The topological polar surface area (TPSA) is 85.5 Å². The summed E-state index contributed by atoms with van der Waals surface area (Å²) in [6.45, 7) is 2.20. The summed E-state index contributed by atoms with van der Waals surface area (Å²) in [7, 11) is 1.62. The lowest BCUT2D eigenvalue weighted by molar-refractivity contribution is 0.0725. The van der Waals surface area contributed by atoms with Gasteiger partial charge in [0, 0.05) is 23.5 Å². The molecule has 0 bridgehead atoms. The van der Waals surface area contributed by atoms with Gasteiger partial charge >= 0.3 is 0 Å². The molecule has 0 amide bonds. The van der Waals surface area contributed by atoms with Gasteiger partial charge in [-0.15, -0.1) is 11.6 Å². The first-order chi connectivity index (χ1) is 17.0. The zero-order valence-electron chi connectivity index (χ0n) is 20.0. The molecule has 5 rings (SSSR count). The molecule has 1 aliphatic heterocycles. The summed E-state index contributed by atoms with van der Waals surface area (Å²) in [6.07, 6.45) is 11.7. The molecule has 35 heavy (non-hydrogen) atoms. The van der Waals surface area contributed by atoms with Crippen LogP contribution in [0.15, 0.2) is 42.4 Å². The predicted octanol–water partition coefficient (Wildman–Crippen LogP) is 4.56. The summed E-state index contributed by atoms with van der Waals surface area (Å²) >= 11 is 6.07. The second-order valence-corrected chi connectivity index (χ2v) is 10.1. The molecule has 2 fully saturated rings. The number of anilines is 1. The highest BCUT2D eigenvalue weighted by Crippen LogP contribution is 2.37. The lowest BCUT2D eigenvalue weighted by Gasteiger charge is -2.40. The first-order valence-corrected chi connectivity index (χ1v) is 12.9. The molecular formula is C26H33ClFN5O2. The minimum absolute atomic E-state index is 0.115. The van der Waals surface area contributed by atoms with Crippen LogP contribution in [0.1, 0.15) is 38.5 Å². The number of rotatable bonds is 6. The Labute approximate surface area is 210 Å². The number of hydrogen-bond donors (Lipinski definition) is 2. The maximum Gasteiger partial charge on any atom is 0.162 e. The molecule has 2 aromatic rings. The molecule has 0 spiro atoms. The van der Waals surface area contributed by atoms with E-state index in [9.17, 15) is 4.39 Å². The largest absolute Gasteiger partial charge is 0.493 e. The molecule has 2 unspecified atom stereocenters. The molecule has 3 N–H and O–H groups in total. The maximum atomic E-state index is 14.6. The number of piperidine rings is 1. The molecule has 0 radical (unpaired) electrons. The number of nitrogens with zero attached hydrogens (tertiary/aromatic N) is 3. The standard InChI is InChI=1S/C26H33ClFN5O2/c1-34-23-14-22-19(26(31-15-30-22)32-21-4-2-3-20(27)25(21)28)13-24(23)35-18-7-5-17(6-8-18)33-11-9-16(29)10-12-33/h2-4,13-18,20,25H,5-12,29H2,1H3,(H,30,31,32). The van der Waals surface area contributed by atoms with Crippen LogP contribution >= 0.6 is 11.6 Å². The van der Waals surface area contributed by atoms with E-state index in [1.54, 1.807) is 25.3 Å². The van der Waals surface area contributed by atoms with E-state index in [0.717, 1.165) is 57.0 Å². The predicted molar refractivity (Wildman–Crippen MR) is 137 cm³/mol. The van der Waals surface area contributed by atoms with Gasteiger partial charge in [0.25, 0.3) is 0 Å². The molecule has 1 saturated carbocycles. The maximum absolute atomic E-state index is 14.6.